The summed E-state index contributed by atoms with van der Waals surface area (Å²) in [5.41, 5.74) is 1.91. The molecule has 0 aliphatic carbocycles. The van der Waals surface area contributed by atoms with Crippen molar-refractivity contribution in [2.45, 2.75) is 6.54 Å². The number of ether oxygens (including phenoxy) is 2. The third-order valence-corrected chi connectivity index (χ3v) is 3.17. The Morgan fingerprint density at radius 3 is 2.48 bits per heavy atom. The number of urea groups is 1. The number of amides is 2. The van der Waals surface area contributed by atoms with Crippen LogP contribution in [-0.4, -0.2) is 20.3 Å². The molecule has 2 aromatic carbocycles. The van der Waals surface area contributed by atoms with E-state index in [9.17, 15) is 4.79 Å². The normalized spacial score (nSPS) is 10.3. The molecule has 120 valence electrons. The van der Waals surface area contributed by atoms with E-state index >= 15 is 0 Å². The Morgan fingerprint density at radius 1 is 1.04 bits per heavy atom. The molecule has 2 N–H and O–H groups in total. The fourth-order valence-electron chi connectivity index (χ4n) is 1.97. The Labute approximate surface area is 135 Å². The van der Waals surface area contributed by atoms with E-state index in [-0.39, 0.29) is 6.03 Å². The molecule has 2 aromatic rings. The number of hydrogen-bond donors (Lipinski definition) is 2. The second kappa shape index (κ2) is 8.48. The molecule has 0 radical (unpaired) electrons. The van der Waals surface area contributed by atoms with Crippen molar-refractivity contribution < 1.29 is 14.3 Å². The molecule has 0 unspecified atom stereocenters. The Kier molecular flexibility index (Phi) is 6.06. The van der Waals surface area contributed by atoms with Crippen LogP contribution < -0.4 is 20.1 Å². The highest BCUT2D eigenvalue weighted by Crippen LogP contribution is 2.13. The maximum atomic E-state index is 11.8. The molecular weight excluding hydrogens is 292 g/mol. The Morgan fingerprint density at radius 2 is 1.74 bits per heavy atom. The molecular formula is C18H20N2O3. The van der Waals surface area contributed by atoms with Gasteiger partial charge in [0.05, 0.1) is 14.2 Å². The second-order valence-electron chi connectivity index (χ2n) is 4.79. The lowest BCUT2D eigenvalue weighted by Crippen LogP contribution is -2.31. The van der Waals surface area contributed by atoms with Crippen LogP contribution in [0.4, 0.5) is 4.79 Å². The van der Waals surface area contributed by atoms with Crippen molar-refractivity contribution in [1.82, 2.24) is 10.6 Å². The first kappa shape index (κ1) is 16.4. The number of nitrogens with one attached hydrogen (secondary N) is 2. The van der Waals surface area contributed by atoms with Crippen LogP contribution in [-0.2, 0) is 6.54 Å². The summed E-state index contributed by atoms with van der Waals surface area (Å²) in [5, 5.41) is 5.44. The van der Waals surface area contributed by atoms with E-state index in [1.807, 2.05) is 48.5 Å². The lowest BCUT2D eigenvalue weighted by molar-refractivity contribution is 0.244. The predicted molar refractivity (Wildman–Crippen MR) is 90.4 cm³/mol. The van der Waals surface area contributed by atoms with E-state index in [2.05, 4.69) is 10.6 Å². The zero-order valence-electron chi connectivity index (χ0n) is 13.2. The summed E-state index contributed by atoms with van der Waals surface area (Å²) in [4.78, 5) is 11.8. The van der Waals surface area contributed by atoms with Crippen molar-refractivity contribution in [2.75, 3.05) is 14.2 Å². The van der Waals surface area contributed by atoms with Gasteiger partial charge in [-0.25, -0.2) is 4.79 Å². The molecule has 2 amide bonds. The zero-order valence-corrected chi connectivity index (χ0v) is 13.2. The fourth-order valence-corrected chi connectivity index (χ4v) is 1.97. The van der Waals surface area contributed by atoms with Gasteiger partial charge in [0.2, 0.25) is 0 Å². The minimum Gasteiger partial charge on any atom is -0.497 e. The number of benzene rings is 2. The number of carbonyl (C=O) groups is 1. The van der Waals surface area contributed by atoms with Gasteiger partial charge in [-0.15, -0.1) is 0 Å². The first-order valence-electron chi connectivity index (χ1n) is 7.19. The van der Waals surface area contributed by atoms with E-state index in [1.54, 1.807) is 26.5 Å². The van der Waals surface area contributed by atoms with Gasteiger partial charge in [-0.3, -0.25) is 0 Å². The molecule has 0 heterocycles. The molecule has 0 fully saturated rings. The topological polar surface area (TPSA) is 59.6 Å². The van der Waals surface area contributed by atoms with E-state index < -0.39 is 0 Å². The minimum absolute atomic E-state index is 0.271. The number of rotatable bonds is 6. The van der Waals surface area contributed by atoms with Crippen molar-refractivity contribution in [3.05, 3.63) is 65.9 Å². The largest absolute Gasteiger partial charge is 0.497 e. The molecule has 5 heteroatoms. The van der Waals surface area contributed by atoms with Crippen LogP contribution in [0.15, 0.2) is 54.7 Å². The summed E-state index contributed by atoms with van der Waals surface area (Å²) in [7, 11) is 3.23. The molecule has 0 spiro atoms. The average Bonchev–Trinajstić information content (AvgIpc) is 2.60. The fraction of sp³-hybridized carbons (Fsp3) is 0.167. The van der Waals surface area contributed by atoms with Crippen molar-refractivity contribution in [3.63, 3.8) is 0 Å². The number of hydrogen-bond acceptors (Lipinski definition) is 3. The van der Waals surface area contributed by atoms with Crippen LogP contribution in [0.1, 0.15) is 11.1 Å². The van der Waals surface area contributed by atoms with Crippen molar-refractivity contribution >= 4 is 12.1 Å². The lowest BCUT2D eigenvalue weighted by Gasteiger charge is -2.06. The smallest absolute Gasteiger partial charge is 0.319 e. The first-order chi connectivity index (χ1) is 11.2. The van der Waals surface area contributed by atoms with E-state index in [0.717, 1.165) is 22.6 Å². The summed E-state index contributed by atoms with van der Waals surface area (Å²) in [5.74, 6) is 1.54. The van der Waals surface area contributed by atoms with E-state index in [1.165, 1.54) is 0 Å². The standard InChI is InChI=1S/C18H20N2O3/c1-22-16-7-3-5-14(11-16)9-10-19-18(21)20-13-15-6-4-8-17(12-15)23-2/h3-12H,13H2,1-2H3,(H2,19,20,21)/b10-9+. The van der Waals surface area contributed by atoms with Gasteiger partial charge in [0.15, 0.2) is 0 Å². The third kappa shape index (κ3) is 5.39. The molecule has 0 bridgehead atoms. The predicted octanol–water partition coefficient (Wildman–Crippen LogP) is 3.17. The molecule has 0 aliphatic heterocycles. The van der Waals surface area contributed by atoms with Crippen LogP contribution in [0.2, 0.25) is 0 Å². The summed E-state index contributed by atoms with van der Waals surface area (Å²) in [6, 6.07) is 14.8. The maximum Gasteiger partial charge on any atom is 0.319 e. The van der Waals surface area contributed by atoms with Gasteiger partial charge in [0.1, 0.15) is 11.5 Å². The number of methoxy groups -OCH3 is 2. The van der Waals surface area contributed by atoms with Gasteiger partial charge in [-0.2, -0.15) is 0 Å². The molecule has 2 rings (SSSR count). The Balaban J connectivity index is 1.81. The number of carbonyl (C=O) groups excluding carboxylic acids is 1. The Bertz CT molecular complexity index is 683. The van der Waals surface area contributed by atoms with Gasteiger partial charge in [0, 0.05) is 12.7 Å². The first-order valence-corrected chi connectivity index (χ1v) is 7.19. The molecule has 0 aliphatic rings. The van der Waals surface area contributed by atoms with E-state index in [4.69, 9.17) is 9.47 Å². The summed E-state index contributed by atoms with van der Waals surface area (Å²) in [6.07, 6.45) is 3.39. The average molecular weight is 312 g/mol. The maximum absolute atomic E-state index is 11.8. The van der Waals surface area contributed by atoms with Gasteiger partial charge in [-0.1, -0.05) is 24.3 Å². The van der Waals surface area contributed by atoms with Crippen LogP contribution >= 0.6 is 0 Å². The van der Waals surface area contributed by atoms with Gasteiger partial charge < -0.3 is 20.1 Å². The van der Waals surface area contributed by atoms with Crippen LogP contribution in [0, 0.1) is 0 Å². The minimum atomic E-state index is -0.271. The second-order valence-corrected chi connectivity index (χ2v) is 4.79. The van der Waals surface area contributed by atoms with Crippen LogP contribution in [0.25, 0.3) is 6.08 Å². The van der Waals surface area contributed by atoms with Crippen molar-refractivity contribution in [1.29, 1.82) is 0 Å². The van der Waals surface area contributed by atoms with Crippen molar-refractivity contribution in [3.8, 4) is 11.5 Å². The van der Waals surface area contributed by atoms with E-state index in [0.29, 0.717) is 6.54 Å². The highest BCUT2D eigenvalue weighted by molar-refractivity contribution is 5.75. The molecule has 0 saturated heterocycles. The van der Waals surface area contributed by atoms with Crippen molar-refractivity contribution in [2.24, 2.45) is 0 Å². The monoisotopic (exact) mass is 312 g/mol. The van der Waals surface area contributed by atoms with Gasteiger partial charge in [-0.05, 0) is 41.5 Å². The SMILES string of the molecule is COc1cccc(/C=C/NC(=O)NCc2cccc(OC)c2)c1. The third-order valence-electron chi connectivity index (χ3n) is 3.17. The van der Waals surface area contributed by atoms with Crippen LogP contribution in [0.3, 0.4) is 0 Å². The van der Waals surface area contributed by atoms with Crippen LogP contribution in [0.5, 0.6) is 11.5 Å². The highest BCUT2D eigenvalue weighted by atomic mass is 16.5. The molecule has 5 nitrogen and oxygen atoms in total. The Hall–Kier alpha value is -2.95. The molecule has 0 saturated carbocycles. The summed E-state index contributed by atoms with van der Waals surface area (Å²) >= 11 is 0. The quantitative estimate of drug-likeness (QED) is 0.861. The molecule has 0 aromatic heterocycles. The molecule has 23 heavy (non-hydrogen) atoms. The molecule has 0 atom stereocenters. The zero-order chi connectivity index (χ0) is 16.5. The lowest BCUT2D eigenvalue weighted by atomic mass is 10.2. The van der Waals surface area contributed by atoms with Gasteiger partial charge >= 0.3 is 6.03 Å². The van der Waals surface area contributed by atoms with Gasteiger partial charge in [0.25, 0.3) is 0 Å². The highest BCUT2D eigenvalue weighted by Gasteiger charge is 1.99. The summed E-state index contributed by atoms with van der Waals surface area (Å²) < 4.78 is 10.3. The summed E-state index contributed by atoms with van der Waals surface area (Å²) in [6.45, 7) is 0.427.